The number of rotatable bonds is 2. The molecule has 0 aliphatic carbocycles. The van der Waals surface area contributed by atoms with Gasteiger partial charge in [0.15, 0.2) is 5.82 Å². The van der Waals surface area contributed by atoms with Crippen molar-refractivity contribution < 1.29 is 4.79 Å². The first-order valence-electron chi connectivity index (χ1n) is 4.73. The van der Waals surface area contributed by atoms with E-state index in [1.165, 1.54) is 12.7 Å². The van der Waals surface area contributed by atoms with Crippen LogP contribution in [0.4, 0.5) is 4.79 Å². The molecule has 8 heteroatoms. The molecule has 84 valence electrons. The van der Waals surface area contributed by atoms with Crippen LogP contribution >= 0.6 is 15.9 Å². The zero-order valence-electron chi connectivity index (χ0n) is 8.54. The van der Waals surface area contributed by atoms with Gasteiger partial charge in [-0.1, -0.05) is 6.92 Å². The highest BCUT2D eigenvalue weighted by Crippen LogP contribution is 2.08. The Kier molecular flexibility index (Phi) is 3.09. The van der Waals surface area contributed by atoms with E-state index in [4.69, 9.17) is 0 Å². The summed E-state index contributed by atoms with van der Waals surface area (Å²) in [7, 11) is 0. The second-order valence-electron chi connectivity index (χ2n) is 3.08. The average Bonchev–Trinajstić information content (AvgIpc) is 2.87. The molecule has 0 aliphatic heterocycles. The minimum absolute atomic E-state index is 0.372. The van der Waals surface area contributed by atoms with Gasteiger partial charge in [-0.15, -0.1) is 5.10 Å². The van der Waals surface area contributed by atoms with E-state index in [9.17, 15) is 4.79 Å². The van der Waals surface area contributed by atoms with Gasteiger partial charge >= 0.3 is 6.03 Å². The van der Waals surface area contributed by atoms with Gasteiger partial charge in [0.05, 0.1) is 0 Å². The number of hydrogen-bond acceptors (Lipinski definition) is 5. The maximum Gasteiger partial charge on any atom is 0.373 e. The smallest absolute Gasteiger partial charge is 0.243 e. The molecule has 0 amide bonds. The summed E-state index contributed by atoms with van der Waals surface area (Å²) in [5, 5.41) is 7.81. The molecule has 16 heavy (non-hydrogen) atoms. The quantitative estimate of drug-likeness (QED) is 0.825. The standard InChI is InChI=1S/C8H9BrN6O/c1-2-3-6-12-7(9)15(13-6)8(16)14-5-10-4-11-14/h4-5H,2-3H2,1H3. The van der Waals surface area contributed by atoms with Gasteiger partial charge < -0.3 is 0 Å². The van der Waals surface area contributed by atoms with Gasteiger partial charge in [-0.3, -0.25) is 0 Å². The third-order valence-electron chi connectivity index (χ3n) is 1.88. The minimum atomic E-state index is -0.417. The van der Waals surface area contributed by atoms with Crippen molar-refractivity contribution >= 4 is 22.0 Å². The Balaban J connectivity index is 2.30. The molecule has 0 fully saturated rings. The zero-order valence-corrected chi connectivity index (χ0v) is 10.1. The van der Waals surface area contributed by atoms with Crippen molar-refractivity contribution in [1.82, 2.24) is 29.5 Å². The van der Waals surface area contributed by atoms with Crippen molar-refractivity contribution in [2.75, 3.05) is 0 Å². The van der Waals surface area contributed by atoms with Crippen molar-refractivity contribution in [3.05, 3.63) is 23.2 Å². The van der Waals surface area contributed by atoms with E-state index in [1.807, 2.05) is 6.92 Å². The summed E-state index contributed by atoms with van der Waals surface area (Å²) in [5.74, 6) is 0.628. The third kappa shape index (κ3) is 2.01. The van der Waals surface area contributed by atoms with E-state index in [0.717, 1.165) is 22.2 Å². The van der Waals surface area contributed by atoms with Crippen molar-refractivity contribution in [2.45, 2.75) is 19.8 Å². The van der Waals surface area contributed by atoms with Gasteiger partial charge in [-0.2, -0.15) is 14.5 Å². The molecule has 0 unspecified atom stereocenters. The van der Waals surface area contributed by atoms with Gasteiger partial charge in [-0.05, 0) is 22.4 Å². The molecule has 0 radical (unpaired) electrons. The SMILES string of the molecule is CCCc1nc(Br)n(C(=O)n2cncn2)n1. The number of carbonyl (C=O) groups is 1. The first kappa shape index (κ1) is 10.9. The van der Waals surface area contributed by atoms with Crippen LogP contribution in [0.5, 0.6) is 0 Å². The monoisotopic (exact) mass is 284 g/mol. The summed E-state index contributed by atoms with van der Waals surface area (Å²) in [4.78, 5) is 19.7. The Morgan fingerprint density at radius 1 is 1.56 bits per heavy atom. The number of hydrogen-bond donors (Lipinski definition) is 0. The van der Waals surface area contributed by atoms with Crippen LogP contribution in [0.3, 0.4) is 0 Å². The Hall–Kier alpha value is -1.57. The van der Waals surface area contributed by atoms with Crippen LogP contribution in [-0.4, -0.2) is 35.6 Å². The Morgan fingerprint density at radius 3 is 3.00 bits per heavy atom. The van der Waals surface area contributed by atoms with Crippen LogP contribution in [0.15, 0.2) is 17.4 Å². The van der Waals surface area contributed by atoms with Gasteiger partial charge in [0, 0.05) is 6.42 Å². The molecule has 0 N–H and O–H groups in total. The zero-order chi connectivity index (χ0) is 11.5. The third-order valence-corrected chi connectivity index (χ3v) is 2.39. The summed E-state index contributed by atoms with van der Waals surface area (Å²) in [5.41, 5.74) is 0. The molecule has 2 aromatic heterocycles. The maximum atomic E-state index is 11.8. The minimum Gasteiger partial charge on any atom is -0.243 e. The lowest BCUT2D eigenvalue weighted by Crippen LogP contribution is -2.21. The van der Waals surface area contributed by atoms with Crippen LogP contribution in [0, 0.1) is 0 Å². The topological polar surface area (TPSA) is 78.5 Å². The lowest BCUT2D eigenvalue weighted by atomic mass is 10.3. The predicted molar refractivity (Wildman–Crippen MR) is 57.9 cm³/mol. The number of halogens is 1. The van der Waals surface area contributed by atoms with Crippen LogP contribution < -0.4 is 0 Å². The highest BCUT2D eigenvalue weighted by Gasteiger charge is 2.15. The second kappa shape index (κ2) is 4.52. The van der Waals surface area contributed by atoms with E-state index in [-0.39, 0.29) is 0 Å². The van der Waals surface area contributed by atoms with E-state index < -0.39 is 6.03 Å². The van der Waals surface area contributed by atoms with Crippen molar-refractivity contribution in [3.8, 4) is 0 Å². The second-order valence-corrected chi connectivity index (χ2v) is 3.79. The summed E-state index contributed by atoms with van der Waals surface area (Å²) in [6.45, 7) is 2.02. The fraction of sp³-hybridized carbons (Fsp3) is 0.375. The molecule has 0 saturated heterocycles. The van der Waals surface area contributed by atoms with Crippen molar-refractivity contribution in [3.63, 3.8) is 0 Å². The molecular formula is C8H9BrN6O. The molecule has 0 spiro atoms. The number of carbonyl (C=O) groups excluding carboxylic acids is 1. The molecule has 0 atom stereocenters. The predicted octanol–water partition coefficient (Wildman–Crippen LogP) is 1.10. The van der Waals surface area contributed by atoms with Crippen LogP contribution in [0.1, 0.15) is 19.2 Å². The Bertz CT molecular complexity index is 491. The van der Waals surface area contributed by atoms with Crippen LogP contribution in [-0.2, 0) is 6.42 Å². The van der Waals surface area contributed by atoms with Crippen LogP contribution in [0.2, 0.25) is 0 Å². The summed E-state index contributed by atoms with van der Waals surface area (Å²) < 4.78 is 2.62. The summed E-state index contributed by atoms with van der Waals surface area (Å²) >= 11 is 3.18. The fourth-order valence-electron chi connectivity index (χ4n) is 1.19. The normalized spacial score (nSPS) is 10.6. The van der Waals surface area contributed by atoms with Gasteiger partial charge in [0.2, 0.25) is 4.73 Å². The number of aromatic nitrogens is 6. The first-order valence-corrected chi connectivity index (χ1v) is 5.52. The summed E-state index contributed by atoms with van der Waals surface area (Å²) in [6.07, 6.45) is 4.26. The number of aryl methyl sites for hydroxylation is 1. The van der Waals surface area contributed by atoms with E-state index >= 15 is 0 Å². The molecule has 2 heterocycles. The van der Waals surface area contributed by atoms with Gasteiger partial charge in [0.25, 0.3) is 0 Å². The summed E-state index contributed by atoms with van der Waals surface area (Å²) in [6, 6.07) is -0.417. The molecule has 0 aromatic carbocycles. The lowest BCUT2D eigenvalue weighted by molar-refractivity contribution is 0.237. The fourth-order valence-corrected chi connectivity index (χ4v) is 1.62. The van der Waals surface area contributed by atoms with E-state index in [1.54, 1.807) is 0 Å². The van der Waals surface area contributed by atoms with Crippen molar-refractivity contribution in [1.29, 1.82) is 0 Å². The molecule has 0 bridgehead atoms. The number of nitrogens with zero attached hydrogens (tertiary/aromatic N) is 6. The molecule has 0 aliphatic rings. The molecule has 0 saturated carbocycles. The molecule has 2 rings (SSSR count). The molecular weight excluding hydrogens is 276 g/mol. The average molecular weight is 285 g/mol. The largest absolute Gasteiger partial charge is 0.373 e. The van der Waals surface area contributed by atoms with Crippen LogP contribution in [0.25, 0.3) is 0 Å². The van der Waals surface area contributed by atoms with Crippen molar-refractivity contribution in [2.24, 2.45) is 0 Å². The molecule has 7 nitrogen and oxygen atoms in total. The van der Waals surface area contributed by atoms with E-state index in [2.05, 4.69) is 36.1 Å². The van der Waals surface area contributed by atoms with Gasteiger partial charge in [-0.25, -0.2) is 14.8 Å². The van der Waals surface area contributed by atoms with E-state index in [0.29, 0.717) is 10.6 Å². The first-order chi connectivity index (χ1) is 7.72. The highest BCUT2D eigenvalue weighted by molar-refractivity contribution is 9.10. The van der Waals surface area contributed by atoms with Gasteiger partial charge in [0.1, 0.15) is 12.7 Å². The lowest BCUT2D eigenvalue weighted by Gasteiger charge is -1.98. The maximum absolute atomic E-state index is 11.8. The highest BCUT2D eigenvalue weighted by atomic mass is 79.9. The Morgan fingerprint density at radius 2 is 2.38 bits per heavy atom. The molecule has 2 aromatic rings. The Labute approximate surface area is 99.6 Å².